The van der Waals surface area contributed by atoms with Gasteiger partial charge in [0.25, 0.3) is 11.8 Å². The first-order chi connectivity index (χ1) is 19.6. The highest BCUT2D eigenvalue weighted by Gasteiger charge is 2.45. The average molecular weight is 563 g/mol. The van der Waals surface area contributed by atoms with Crippen LogP contribution in [0.1, 0.15) is 64.4 Å². The average Bonchev–Trinajstić information content (AvgIpc) is 3.18. The number of likely N-dealkylation sites (tertiary alicyclic amines) is 1. The van der Waals surface area contributed by atoms with Crippen LogP contribution in [-0.4, -0.2) is 64.4 Å². The summed E-state index contributed by atoms with van der Waals surface area (Å²) in [5.41, 5.74) is 1.83. The molecule has 0 aromatic heterocycles. The Morgan fingerprint density at radius 3 is 2.51 bits per heavy atom. The first-order valence-corrected chi connectivity index (χ1v) is 13.5. The topological polar surface area (TPSA) is 156 Å². The predicted molar refractivity (Wildman–Crippen MR) is 147 cm³/mol. The molecule has 2 fully saturated rings. The van der Waals surface area contributed by atoms with Crippen LogP contribution in [0.4, 0.5) is 10.1 Å². The van der Waals surface area contributed by atoms with Gasteiger partial charge in [-0.1, -0.05) is 18.2 Å². The highest BCUT2D eigenvalue weighted by atomic mass is 19.1. The number of halogens is 1. The van der Waals surface area contributed by atoms with E-state index in [1.807, 2.05) is 6.07 Å². The fraction of sp³-hybridized carbons (Fsp3) is 0.379. The molecule has 0 bridgehead atoms. The minimum atomic E-state index is -1.06. The van der Waals surface area contributed by atoms with Gasteiger partial charge >= 0.3 is 0 Å². The van der Waals surface area contributed by atoms with Crippen LogP contribution in [0.15, 0.2) is 36.4 Å². The van der Waals surface area contributed by atoms with Crippen LogP contribution < -0.4 is 10.6 Å². The molecular weight excluding hydrogens is 531 g/mol. The van der Waals surface area contributed by atoms with Gasteiger partial charge in [0.1, 0.15) is 11.9 Å². The number of carbonyl (C=O) groups is 4. The van der Waals surface area contributed by atoms with Gasteiger partial charge in [0, 0.05) is 43.6 Å². The molecule has 0 aliphatic carbocycles. The number of imide groups is 2. The maximum absolute atomic E-state index is 15.1. The Bertz CT molecular complexity index is 1450. The second kappa shape index (κ2) is 11.6. The van der Waals surface area contributed by atoms with Crippen LogP contribution in [0.3, 0.4) is 0 Å². The number of ether oxygens (including phenoxy) is 1. The molecular formula is C29H31FN6O5. The minimum Gasteiger partial charge on any atom is -0.430 e. The molecule has 2 saturated heterocycles. The quantitative estimate of drug-likeness (QED) is 0.230. The summed E-state index contributed by atoms with van der Waals surface area (Å²) in [5, 5.41) is 20.6. The van der Waals surface area contributed by atoms with Crippen LogP contribution in [0.2, 0.25) is 0 Å². The normalized spacial score (nSPS) is 19.7. The molecule has 3 heterocycles. The van der Waals surface area contributed by atoms with Gasteiger partial charge in [-0.15, -0.1) is 0 Å². The van der Waals surface area contributed by atoms with Crippen LogP contribution in [0, 0.1) is 22.6 Å². The Morgan fingerprint density at radius 1 is 1.07 bits per heavy atom. The smallest absolute Gasteiger partial charge is 0.264 e. The van der Waals surface area contributed by atoms with Crippen LogP contribution in [-0.2, 0) is 27.4 Å². The third-order valence-electron chi connectivity index (χ3n) is 7.68. The highest BCUT2D eigenvalue weighted by Crippen LogP contribution is 2.33. The van der Waals surface area contributed by atoms with Gasteiger partial charge in [-0.05, 0) is 56.1 Å². The number of hydrogen-bond acceptors (Lipinski definition) is 9. The van der Waals surface area contributed by atoms with Crippen LogP contribution >= 0.6 is 0 Å². The Morgan fingerprint density at radius 2 is 1.83 bits per heavy atom. The van der Waals surface area contributed by atoms with Gasteiger partial charge in [-0.3, -0.25) is 45.1 Å². The molecule has 11 nitrogen and oxygen atoms in total. The van der Waals surface area contributed by atoms with E-state index in [1.54, 1.807) is 18.2 Å². The summed E-state index contributed by atoms with van der Waals surface area (Å²) in [5.74, 6) is -2.63. The van der Waals surface area contributed by atoms with Gasteiger partial charge < -0.3 is 10.1 Å². The first-order valence-electron chi connectivity index (χ1n) is 13.5. The molecule has 41 heavy (non-hydrogen) atoms. The largest absolute Gasteiger partial charge is 0.430 e. The molecule has 4 amide bonds. The van der Waals surface area contributed by atoms with Crippen molar-refractivity contribution in [2.75, 3.05) is 18.4 Å². The molecule has 12 heteroatoms. The molecule has 3 aliphatic rings. The van der Waals surface area contributed by atoms with E-state index in [0.29, 0.717) is 17.8 Å². The number of anilines is 1. The third kappa shape index (κ3) is 5.87. The Kier molecular flexibility index (Phi) is 7.93. The maximum atomic E-state index is 15.1. The Balaban J connectivity index is 1.21. The lowest BCUT2D eigenvalue weighted by Crippen LogP contribution is -2.54. The molecule has 214 valence electrons. The van der Waals surface area contributed by atoms with Gasteiger partial charge in [0.15, 0.2) is 11.8 Å². The monoisotopic (exact) mass is 562 g/mol. The lowest BCUT2D eigenvalue weighted by molar-refractivity contribution is -0.136. The molecule has 1 atom stereocenters. The highest BCUT2D eigenvalue weighted by molar-refractivity contribution is 6.25. The number of fused-ring (bicyclic) bond motifs is 1. The van der Waals surface area contributed by atoms with E-state index in [1.165, 1.54) is 19.1 Å². The van der Waals surface area contributed by atoms with Crippen molar-refractivity contribution in [3.8, 4) is 0 Å². The number of nitrogens with zero attached hydrogens (tertiary/aromatic N) is 2. The van der Waals surface area contributed by atoms with Crippen molar-refractivity contribution in [2.24, 2.45) is 5.92 Å². The molecule has 1 unspecified atom stereocenters. The zero-order valence-corrected chi connectivity index (χ0v) is 22.6. The number of piperidine rings is 2. The van der Waals surface area contributed by atoms with E-state index in [-0.39, 0.29) is 48.2 Å². The van der Waals surface area contributed by atoms with Crippen molar-refractivity contribution < 1.29 is 28.3 Å². The SMILES string of the molecule is CC(=N)OC(=N)C1CCN(Cc2ccc(CNc3cccc4c3C(=O)N(C3CCC(=O)NC3=O)C4=O)c(F)c2)CC1. The zero-order chi connectivity index (χ0) is 29.3. The minimum absolute atomic E-state index is 0.00780. The summed E-state index contributed by atoms with van der Waals surface area (Å²) < 4.78 is 20.2. The van der Waals surface area contributed by atoms with E-state index in [9.17, 15) is 19.2 Å². The first kappa shape index (κ1) is 28.1. The lowest BCUT2D eigenvalue weighted by Gasteiger charge is -2.31. The van der Waals surface area contributed by atoms with Gasteiger partial charge in [0.05, 0.1) is 11.1 Å². The number of hydrogen-bond donors (Lipinski definition) is 4. The van der Waals surface area contributed by atoms with E-state index in [2.05, 4.69) is 15.5 Å². The fourth-order valence-corrected chi connectivity index (χ4v) is 5.54. The van der Waals surface area contributed by atoms with Crippen molar-refractivity contribution in [3.63, 3.8) is 0 Å². The standard InChI is InChI=1S/C29H31FN6O5/c1-16(31)41-26(32)18-9-11-35(12-10-18)15-17-5-6-19(21(30)13-17)14-33-22-4-2-3-20-25(22)29(40)36(28(20)39)23-7-8-24(37)34-27(23)38/h2-6,13,18,23,31-33H,7-12,14-15H2,1H3,(H,34,37,38). The summed E-state index contributed by atoms with van der Waals surface area (Å²) in [4.78, 5) is 53.2. The van der Waals surface area contributed by atoms with E-state index in [4.69, 9.17) is 15.6 Å². The fourth-order valence-electron chi connectivity index (χ4n) is 5.54. The van der Waals surface area contributed by atoms with Crippen molar-refractivity contribution in [3.05, 3.63) is 64.5 Å². The van der Waals surface area contributed by atoms with Crippen LogP contribution in [0.25, 0.3) is 0 Å². The summed E-state index contributed by atoms with van der Waals surface area (Å²) in [6.07, 6.45) is 1.57. The molecule has 0 spiro atoms. The maximum Gasteiger partial charge on any atom is 0.264 e. The van der Waals surface area contributed by atoms with Crippen LogP contribution in [0.5, 0.6) is 0 Å². The third-order valence-corrected chi connectivity index (χ3v) is 7.68. The predicted octanol–water partition coefficient (Wildman–Crippen LogP) is 3.04. The summed E-state index contributed by atoms with van der Waals surface area (Å²) in [6, 6.07) is 8.72. The molecule has 2 aromatic carbocycles. The molecule has 0 saturated carbocycles. The number of nitrogens with one attached hydrogen (secondary N) is 4. The molecule has 5 rings (SSSR count). The number of benzene rings is 2. The molecule has 3 aliphatic heterocycles. The lowest BCUT2D eigenvalue weighted by atomic mass is 9.96. The molecule has 2 aromatic rings. The van der Waals surface area contributed by atoms with Crippen molar-refractivity contribution >= 4 is 41.1 Å². The molecule has 4 N–H and O–H groups in total. The molecule has 0 radical (unpaired) electrons. The second-order valence-corrected chi connectivity index (χ2v) is 10.5. The van der Waals surface area contributed by atoms with Crippen molar-refractivity contribution in [1.29, 1.82) is 10.8 Å². The van der Waals surface area contributed by atoms with Crippen molar-refractivity contribution in [2.45, 2.75) is 51.7 Å². The summed E-state index contributed by atoms with van der Waals surface area (Å²) in [7, 11) is 0. The number of rotatable bonds is 7. The van der Waals surface area contributed by atoms with E-state index < -0.39 is 35.5 Å². The number of amides is 4. The Labute approximate surface area is 236 Å². The summed E-state index contributed by atoms with van der Waals surface area (Å²) >= 11 is 0. The van der Waals surface area contributed by atoms with Gasteiger partial charge in [-0.2, -0.15) is 0 Å². The Hall–Kier alpha value is -4.45. The van der Waals surface area contributed by atoms with Gasteiger partial charge in [-0.25, -0.2) is 4.39 Å². The van der Waals surface area contributed by atoms with Crippen molar-refractivity contribution in [1.82, 2.24) is 15.1 Å². The van der Waals surface area contributed by atoms with Gasteiger partial charge in [0.2, 0.25) is 11.8 Å². The van der Waals surface area contributed by atoms with E-state index >= 15 is 4.39 Å². The zero-order valence-electron chi connectivity index (χ0n) is 22.6. The summed E-state index contributed by atoms with van der Waals surface area (Å²) in [6.45, 7) is 3.61. The number of carbonyl (C=O) groups excluding carboxylic acids is 4. The van der Waals surface area contributed by atoms with E-state index in [0.717, 1.165) is 36.4 Å². The second-order valence-electron chi connectivity index (χ2n) is 10.5.